The second-order valence-electron chi connectivity index (χ2n) is 15.5. The summed E-state index contributed by atoms with van der Waals surface area (Å²) in [6.07, 6.45) is 4.12. The van der Waals surface area contributed by atoms with Crippen molar-refractivity contribution in [1.29, 1.82) is 0 Å². The molecule has 2 unspecified atom stereocenters. The Morgan fingerprint density at radius 1 is 0.833 bits per heavy atom. The Balaban J connectivity index is 0.675. The zero-order valence-electron chi connectivity index (χ0n) is 36.8. The van der Waals surface area contributed by atoms with Crippen molar-refractivity contribution in [3.8, 4) is 28.1 Å². The molecule has 2 aromatic heterocycles. The van der Waals surface area contributed by atoms with E-state index in [1.165, 1.54) is 4.90 Å². The number of carbonyl (C=O) groups excluding carboxylic acids is 4. The number of carbonyl (C=O) groups is 4. The smallest absolute Gasteiger partial charge is 0.257 e. The first-order valence-electron chi connectivity index (χ1n) is 21.9. The molecule has 4 amide bonds. The summed E-state index contributed by atoms with van der Waals surface area (Å²) in [4.78, 5) is 51.4. The number of amides is 4. The predicted molar refractivity (Wildman–Crippen MR) is 242 cm³/mol. The lowest BCUT2D eigenvalue weighted by Crippen LogP contribution is -2.52. The third-order valence-corrected chi connectivity index (χ3v) is 11.1. The van der Waals surface area contributed by atoms with Crippen LogP contribution in [0.3, 0.4) is 0 Å². The van der Waals surface area contributed by atoms with Gasteiger partial charge in [-0.15, -0.1) is 10.2 Å². The monoisotopic (exact) mass is 905 g/mol. The molecule has 0 aliphatic carbocycles. The second-order valence-corrected chi connectivity index (χ2v) is 15.5. The molecule has 2 aliphatic rings. The summed E-state index contributed by atoms with van der Waals surface area (Å²) in [5.74, 6) is -0.817. The third-order valence-electron chi connectivity index (χ3n) is 11.1. The SMILES string of the molecule is CC(c1ccc(C(=O)NCCOCCOCCOCCOCCOCCNc2cccc3c2C(=O)N(C2CCC(=O)NC2=O)C3)cc1)n1cc(-c2cc(-c3ccccc3O)nnc2N)cn1. The van der Waals surface area contributed by atoms with Crippen molar-refractivity contribution in [1.82, 2.24) is 35.5 Å². The number of nitrogen functional groups attached to an aromatic ring is 1. The summed E-state index contributed by atoms with van der Waals surface area (Å²) in [5, 5.41) is 31.6. The van der Waals surface area contributed by atoms with E-state index in [0.29, 0.717) is 126 Å². The molecule has 19 heteroatoms. The highest BCUT2D eigenvalue weighted by atomic mass is 16.6. The van der Waals surface area contributed by atoms with Crippen LogP contribution in [0.4, 0.5) is 11.5 Å². The maximum absolute atomic E-state index is 13.2. The quantitative estimate of drug-likeness (QED) is 0.0415. The van der Waals surface area contributed by atoms with Crippen molar-refractivity contribution in [2.24, 2.45) is 0 Å². The summed E-state index contributed by atoms with van der Waals surface area (Å²) >= 11 is 0. The predicted octanol–water partition coefficient (Wildman–Crippen LogP) is 3.59. The van der Waals surface area contributed by atoms with E-state index in [9.17, 15) is 24.3 Å². The summed E-state index contributed by atoms with van der Waals surface area (Å²) in [6, 6.07) is 20.8. The van der Waals surface area contributed by atoms with E-state index < -0.39 is 11.9 Å². The number of hydrogen-bond donors (Lipinski definition) is 5. The van der Waals surface area contributed by atoms with Crippen molar-refractivity contribution in [3.05, 3.63) is 107 Å². The Kier molecular flexibility index (Phi) is 16.8. The van der Waals surface area contributed by atoms with Crippen LogP contribution in [0, 0.1) is 0 Å². The lowest BCUT2D eigenvalue weighted by atomic mass is 10.0. The Morgan fingerprint density at radius 3 is 2.18 bits per heavy atom. The van der Waals surface area contributed by atoms with Gasteiger partial charge in [0.25, 0.3) is 11.8 Å². The van der Waals surface area contributed by atoms with Crippen LogP contribution in [0.5, 0.6) is 5.75 Å². The van der Waals surface area contributed by atoms with Gasteiger partial charge in [0, 0.05) is 60.2 Å². The highest BCUT2D eigenvalue weighted by molar-refractivity contribution is 6.07. The van der Waals surface area contributed by atoms with Gasteiger partial charge >= 0.3 is 0 Å². The molecule has 66 heavy (non-hydrogen) atoms. The van der Waals surface area contributed by atoms with E-state index in [-0.39, 0.29) is 41.8 Å². The molecule has 1 saturated heterocycles. The van der Waals surface area contributed by atoms with Crippen LogP contribution in [-0.4, -0.2) is 139 Å². The number of aromatic nitrogens is 4. The largest absolute Gasteiger partial charge is 0.507 e. The lowest BCUT2D eigenvalue weighted by molar-refractivity contribution is -0.136. The molecule has 5 aromatic rings. The molecule has 0 radical (unpaired) electrons. The normalized spacial score (nSPS) is 15.1. The third kappa shape index (κ3) is 12.3. The minimum absolute atomic E-state index is 0.0980. The first-order chi connectivity index (χ1) is 32.2. The molecule has 0 bridgehead atoms. The molecule has 1 fully saturated rings. The van der Waals surface area contributed by atoms with Gasteiger partial charge in [-0.3, -0.25) is 29.2 Å². The molecule has 0 spiro atoms. The minimum atomic E-state index is -0.652. The average Bonchev–Trinajstić information content (AvgIpc) is 3.95. The molecule has 7 rings (SSSR count). The van der Waals surface area contributed by atoms with Crippen molar-refractivity contribution in [2.45, 2.75) is 38.4 Å². The first kappa shape index (κ1) is 47.2. The van der Waals surface area contributed by atoms with Gasteiger partial charge in [0.2, 0.25) is 11.8 Å². The van der Waals surface area contributed by atoms with Crippen LogP contribution in [0.2, 0.25) is 0 Å². The van der Waals surface area contributed by atoms with Gasteiger partial charge in [-0.25, -0.2) is 0 Å². The molecule has 2 atom stereocenters. The zero-order valence-corrected chi connectivity index (χ0v) is 36.8. The minimum Gasteiger partial charge on any atom is -0.507 e. The van der Waals surface area contributed by atoms with E-state index in [4.69, 9.17) is 29.4 Å². The van der Waals surface area contributed by atoms with Crippen LogP contribution in [0.15, 0.2) is 85.2 Å². The average molecular weight is 906 g/mol. The number of nitrogens with two attached hydrogens (primary N) is 1. The van der Waals surface area contributed by atoms with Gasteiger partial charge in [-0.05, 0) is 60.9 Å². The van der Waals surface area contributed by atoms with Crippen LogP contribution in [0.1, 0.15) is 57.7 Å². The van der Waals surface area contributed by atoms with Crippen molar-refractivity contribution >= 4 is 35.1 Å². The molecule has 4 heterocycles. The lowest BCUT2D eigenvalue weighted by Gasteiger charge is -2.29. The fourth-order valence-corrected chi connectivity index (χ4v) is 7.55. The highest BCUT2D eigenvalue weighted by Gasteiger charge is 2.40. The number of phenolic OH excluding ortho intramolecular Hbond substituents is 1. The van der Waals surface area contributed by atoms with Crippen LogP contribution < -0.4 is 21.7 Å². The first-order valence-corrected chi connectivity index (χ1v) is 21.9. The Hall–Kier alpha value is -6.77. The summed E-state index contributed by atoms with van der Waals surface area (Å²) in [7, 11) is 0. The van der Waals surface area contributed by atoms with Crippen LogP contribution >= 0.6 is 0 Å². The Morgan fingerprint density at radius 2 is 1.50 bits per heavy atom. The fourth-order valence-electron chi connectivity index (χ4n) is 7.55. The number of aromatic hydroxyl groups is 1. The van der Waals surface area contributed by atoms with Gasteiger partial charge in [-0.1, -0.05) is 36.4 Å². The number of fused-ring (bicyclic) bond motifs is 1. The molecule has 6 N–H and O–H groups in total. The van der Waals surface area contributed by atoms with E-state index >= 15 is 0 Å². The topological polar surface area (TPSA) is 244 Å². The highest BCUT2D eigenvalue weighted by Crippen LogP contribution is 2.34. The number of hydrogen-bond acceptors (Lipinski definition) is 15. The standard InChI is InChI=1S/C47H55N9O10/c1-31(56-30-35(28-51-56)37-27-39(53-54-44(37)48)36-6-2-3-8-41(36)57)32-9-11-33(12-10-32)45(59)50-16-18-63-20-22-65-24-26-66-25-23-64-21-19-62-17-15-49-38-7-4-5-34-29-55(47(61)43(34)38)40-13-14-42(58)52-46(40)60/h2-12,27-28,30-31,40,49,57H,13-26,29H2,1H3,(H2,48,54)(H,50,59)(H,52,58,60). The summed E-state index contributed by atoms with van der Waals surface area (Å²) in [6.45, 7) is 7.18. The second kappa shape index (κ2) is 23.4. The number of nitrogens with one attached hydrogen (secondary N) is 3. The van der Waals surface area contributed by atoms with Crippen LogP contribution in [-0.2, 0) is 39.8 Å². The molecule has 2 aliphatic heterocycles. The molecular weight excluding hydrogens is 851 g/mol. The Bertz CT molecular complexity index is 2450. The molecular formula is C47H55N9O10. The Labute approximate surface area is 381 Å². The number of para-hydroxylation sites is 1. The van der Waals surface area contributed by atoms with Gasteiger partial charge in [0.15, 0.2) is 5.82 Å². The van der Waals surface area contributed by atoms with Crippen molar-refractivity contribution in [3.63, 3.8) is 0 Å². The fraction of sp³-hybridized carbons (Fsp3) is 0.383. The maximum atomic E-state index is 13.2. The van der Waals surface area contributed by atoms with E-state index in [0.717, 1.165) is 16.7 Å². The zero-order chi connectivity index (χ0) is 46.3. The number of imide groups is 1. The van der Waals surface area contributed by atoms with Crippen LogP contribution in [0.25, 0.3) is 22.4 Å². The number of ether oxygens (including phenoxy) is 5. The number of phenols is 1. The van der Waals surface area contributed by atoms with Gasteiger partial charge < -0.3 is 50.1 Å². The van der Waals surface area contributed by atoms with Gasteiger partial charge in [-0.2, -0.15) is 5.10 Å². The number of anilines is 2. The molecule has 19 nitrogen and oxygen atoms in total. The molecule has 3 aromatic carbocycles. The van der Waals surface area contributed by atoms with E-state index in [1.807, 2.05) is 54.2 Å². The number of rotatable bonds is 25. The van der Waals surface area contributed by atoms with Gasteiger partial charge in [0.1, 0.15) is 11.8 Å². The van der Waals surface area contributed by atoms with Gasteiger partial charge in [0.05, 0.1) is 89.6 Å². The maximum Gasteiger partial charge on any atom is 0.257 e. The molecule has 348 valence electrons. The number of benzene rings is 3. The van der Waals surface area contributed by atoms with E-state index in [2.05, 4.69) is 31.2 Å². The number of nitrogens with zero attached hydrogens (tertiary/aromatic N) is 5. The van der Waals surface area contributed by atoms with Crippen molar-refractivity contribution in [2.75, 3.05) is 90.2 Å². The summed E-state index contributed by atoms with van der Waals surface area (Å²) < 4.78 is 29.7. The number of piperidine rings is 1. The molecule has 0 saturated carbocycles. The van der Waals surface area contributed by atoms with Crippen molar-refractivity contribution < 1.29 is 48.0 Å². The van der Waals surface area contributed by atoms with E-state index in [1.54, 1.807) is 42.6 Å². The summed E-state index contributed by atoms with van der Waals surface area (Å²) in [5.41, 5.74) is 12.2.